The molecule has 0 spiro atoms. The number of aliphatic hydroxyl groups excluding tert-OH is 2. The van der Waals surface area contributed by atoms with Crippen molar-refractivity contribution in [1.82, 2.24) is 0 Å². The lowest BCUT2D eigenvalue weighted by atomic mass is 9.86. The summed E-state index contributed by atoms with van der Waals surface area (Å²) in [5.41, 5.74) is 0.542. The van der Waals surface area contributed by atoms with E-state index in [2.05, 4.69) is 0 Å². The van der Waals surface area contributed by atoms with Crippen LogP contribution in [0.5, 0.6) is 0 Å². The standard InChI is InChI=1S/C8H12O3/c1-4-3-6(9)5(2)8(11)7(4)10/h3,5,7-8,10-11H,1-2H3/t5-,7-,8+/m1/s1. The monoisotopic (exact) mass is 156 g/mol. The number of aliphatic hydroxyl groups is 2. The van der Waals surface area contributed by atoms with Gasteiger partial charge in [-0.1, -0.05) is 6.92 Å². The van der Waals surface area contributed by atoms with E-state index in [1.165, 1.54) is 6.08 Å². The van der Waals surface area contributed by atoms with Crippen LogP contribution in [-0.4, -0.2) is 28.2 Å². The van der Waals surface area contributed by atoms with Crippen LogP contribution in [0.3, 0.4) is 0 Å². The molecule has 1 aliphatic rings. The molecule has 1 rings (SSSR count). The largest absolute Gasteiger partial charge is 0.389 e. The van der Waals surface area contributed by atoms with Crippen LogP contribution < -0.4 is 0 Å². The molecule has 0 amide bonds. The van der Waals surface area contributed by atoms with Gasteiger partial charge < -0.3 is 10.2 Å². The molecule has 1 aliphatic carbocycles. The minimum absolute atomic E-state index is 0.111. The molecule has 0 fully saturated rings. The number of ketones is 1. The van der Waals surface area contributed by atoms with Gasteiger partial charge in [0, 0.05) is 5.92 Å². The van der Waals surface area contributed by atoms with Gasteiger partial charge in [-0.05, 0) is 18.6 Å². The maximum absolute atomic E-state index is 11.0. The molecular formula is C8H12O3. The van der Waals surface area contributed by atoms with Crippen molar-refractivity contribution in [1.29, 1.82) is 0 Å². The first kappa shape index (κ1) is 8.43. The minimum Gasteiger partial charge on any atom is -0.389 e. The Bertz CT molecular complexity index is 207. The Morgan fingerprint density at radius 1 is 1.45 bits per heavy atom. The van der Waals surface area contributed by atoms with Crippen LogP contribution in [0.25, 0.3) is 0 Å². The van der Waals surface area contributed by atoms with Gasteiger partial charge in [-0.2, -0.15) is 0 Å². The normalized spacial score (nSPS) is 38.7. The van der Waals surface area contributed by atoms with E-state index < -0.39 is 18.1 Å². The number of allylic oxidation sites excluding steroid dienone is 1. The zero-order chi connectivity index (χ0) is 8.59. The predicted molar refractivity (Wildman–Crippen MR) is 39.9 cm³/mol. The summed E-state index contributed by atoms with van der Waals surface area (Å²) in [7, 11) is 0. The molecule has 0 aliphatic heterocycles. The maximum Gasteiger partial charge on any atom is 0.161 e. The number of hydrogen-bond acceptors (Lipinski definition) is 3. The molecule has 0 aromatic carbocycles. The molecule has 0 radical (unpaired) electrons. The molecule has 3 nitrogen and oxygen atoms in total. The maximum atomic E-state index is 11.0. The molecule has 11 heavy (non-hydrogen) atoms. The third-order valence-electron chi connectivity index (χ3n) is 2.12. The first-order valence-corrected chi connectivity index (χ1v) is 3.62. The molecule has 3 atom stereocenters. The van der Waals surface area contributed by atoms with Crippen LogP contribution in [0, 0.1) is 5.92 Å². The smallest absolute Gasteiger partial charge is 0.161 e. The third kappa shape index (κ3) is 1.34. The molecule has 0 heterocycles. The molecule has 0 bridgehead atoms. The highest BCUT2D eigenvalue weighted by atomic mass is 16.3. The van der Waals surface area contributed by atoms with Crippen molar-refractivity contribution in [2.45, 2.75) is 26.1 Å². The van der Waals surface area contributed by atoms with E-state index in [-0.39, 0.29) is 5.78 Å². The highest BCUT2D eigenvalue weighted by molar-refractivity contribution is 5.93. The molecule has 3 heteroatoms. The van der Waals surface area contributed by atoms with Crippen molar-refractivity contribution < 1.29 is 15.0 Å². The lowest BCUT2D eigenvalue weighted by molar-refractivity contribution is -0.125. The predicted octanol–water partition coefficient (Wildman–Crippen LogP) is -0.127. The van der Waals surface area contributed by atoms with Gasteiger partial charge in [-0.3, -0.25) is 4.79 Å². The van der Waals surface area contributed by atoms with Crippen LogP contribution in [0.15, 0.2) is 11.6 Å². The average molecular weight is 156 g/mol. The van der Waals surface area contributed by atoms with Crippen LogP contribution in [0.4, 0.5) is 0 Å². The Hall–Kier alpha value is -0.670. The summed E-state index contributed by atoms with van der Waals surface area (Å²) >= 11 is 0. The molecule has 0 saturated carbocycles. The van der Waals surface area contributed by atoms with Crippen molar-refractivity contribution in [2.75, 3.05) is 0 Å². The van der Waals surface area contributed by atoms with E-state index in [0.717, 1.165) is 0 Å². The fourth-order valence-corrected chi connectivity index (χ4v) is 1.15. The summed E-state index contributed by atoms with van der Waals surface area (Å²) in [6, 6.07) is 0. The van der Waals surface area contributed by atoms with E-state index in [1.807, 2.05) is 0 Å². The summed E-state index contributed by atoms with van der Waals surface area (Å²) < 4.78 is 0. The van der Waals surface area contributed by atoms with Crippen LogP contribution >= 0.6 is 0 Å². The van der Waals surface area contributed by atoms with Crippen LogP contribution in [0.1, 0.15) is 13.8 Å². The number of hydrogen-bond donors (Lipinski definition) is 2. The minimum atomic E-state index is -0.938. The van der Waals surface area contributed by atoms with E-state index in [1.54, 1.807) is 13.8 Å². The summed E-state index contributed by atoms with van der Waals surface area (Å²) in [4.78, 5) is 11.0. The summed E-state index contributed by atoms with van der Waals surface area (Å²) in [5, 5.41) is 18.5. The second-order valence-electron chi connectivity index (χ2n) is 3.01. The zero-order valence-corrected chi connectivity index (χ0v) is 6.61. The van der Waals surface area contributed by atoms with Crippen LogP contribution in [0.2, 0.25) is 0 Å². The lowest BCUT2D eigenvalue weighted by Gasteiger charge is -2.27. The van der Waals surface area contributed by atoms with Crippen molar-refractivity contribution in [2.24, 2.45) is 5.92 Å². The van der Waals surface area contributed by atoms with Crippen molar-refractivity contribution >= 4 is 5.78 Å². The van der Waals surface area contributed by atoms with Gasteiger partial charge in [0.1, 0.15) is 6.10 Å². The zero-order valence-electron chi connectivity index (χ0n) is 6.61. The molecule has 0 saturated heterocycles. The van der Waals surface area contributed by atoms with Crippen LogP contribution in [-0.2, 0) is 4.79 Å². The quantitative estimate of drug-likeness (QED) is 0.513. The van der Waals surface area contributed by atoms with Gasteiger partial charge in [0.2, 0.25) is 0 Å². The Kier molecular flexibility index (Phi) is 2.11. The Morgan fingerprint density at radius 2 is 2.00 bits per heavy atom. The first-order valence-electron chi connectivity index (χ1n) is 3.62. The fraction of sp³-hybridized carbons (Fsp3) is 0.625. The molecular weight excluding hydrogens is 144 g/mol. The van der Waals surface area contributed by atoms with Gasteiger partial charge in [0.05, 0.1) is 6.10 Å². The summed E-state index contributed by atoms with van der Waals surface area (Å²) in [5.74, 6) is -0.589. The second kappa shape index (κ2) is 2.75. The van der Waals surface area contributed by atoms with E-state index >= 15 is 0 Å². The van der Waals surface area contributed by atoms with E-state index in [4.69, 9.17) is 0 Å². The van der Waals surface area contributed by atoms with E-state index in [0.29, 0.717) is 5.57 Å². The summed E-state index contributed by atoms with van der Waals surface area (Å²) in [6.07, 6.45) is -0.419. The number of rotatable bonds is 0. The molecule has 0 unspecified atom stereocenters. The Morgan fingerprint density at radius 3 is 2.55 bits per heavy atom. The third-order valence-corrected chi connectivity index (χ3v) is 2.12. The van der Waals surface area contributed by atoms with Gasteiger partial charge in [-0.15, -0.1) is 0 Å². The highest BCUT2D eigenvalue weighted by Crippen LogP contribution is 2.20. The van der Waals surface area contributed by atoms with Gasteiger partial charge in [0.25, 0.3) is 0 Å². The Labute approximate surface area is 65.3 Å². The molecule has 62 valence electrons. The van der Waals surface area contributed by atoms with Gasteiger partial charge in [0.15, 0.2) is 5.78 Å². The molecule has 0 aromatic rings. The summed E-state index contributed by atoms with van der Waals surface area (Å²) in [6.45, 7) is 3.25. The highest BCUT2D eigenvalue weighted by Gasteiger charge is 2.32. The van der Waals surface area contributed by atoms with E-state index in [9.17, 15) is 15.0 Å². The average Bonchev–Trinajstić information content (AvgIpc) is 1.97. The number of carbonyl (C=O) groups is 1. The Balaban J connectivity index is 2.92. The topological polar surface area (TPSA) is 57.5 Å². The van der Waals surface area contributed by atoms with Gasteiger partial charge in [-0.25, -0.2) is 0 Å². The van der Waals surface area contributed by atoms with Gasteiger partial charge >= 0.3 is 0 Å². The van der Waals surface area contributed by atoms with Crippen molar-refractivity contribution in [3.05, 3.63) is 11.6 Å². The second-order valence-corrected chi connectivity index (χ2v) is 3.01. The lowest BCUT2D eigenvalue weighted by Crippen LogP contribution is -2.40. The van der Waals surface area contributed by atoms with Crippen molar-refractivity contribution in [3.8, 4) is 0 Å². The molecule has 2 N–H and O–H groups in total. The molecule has 0 aromatic heterocycles. The number of carbonyl (C=O) groups excluding carboxylic acids is 1. The fourth-order valence-electron chi connectivity index (χ4n) is 1.15. The SMILES string of the molecule is CC1=CC(=O)[C@@H](C)[C@H](O)[C@@H]1O. The first-order chi connectivity index (χ1) is 5.04. The van der Waals surface area contributed by atoms with Crippen molar-refractivity contribution in [3.63, 3.8) is 0 Å².